The number of rotatable bonds is 6. The van der Waals surface area contributed by atoms with Gasteiger partial charge in [0.2, 0.25) is 5.91 Å². The van der Waals surface area contributed by atoms with E-state index in [9.17, 15) is 9.59 Å². The lowest BCUT2D eigenvalue weighted by Crippen LogP contribution is -2.55. The molecule has 0 bridgehead atoms. The van der Waals surface area contributed by atoms with Crippen molar-refractivity contribution in [1.82, 2.24) is 20.5 Å². The lowest BCUT2D eigenvalue weighted by Gasteiger charge is -2.35. The molecule has 3 rings (SSSR count). The van der Waals surface area contributed by atoms with Crippen LogP contribution < -0.4 is 15.5 Å². The van der Waals surface area contributed by atoms with Gasteiger partial charge in [-0.2, -0.15) is 0 Å². The number of urea groups is 1. The van der Waals surface area contributed by atoms with Gasteiger partial charge in [-0.15, -0.1) is 0 Å². The highest BCUT2D eigenvalue weighted by Gasteiger charge is 2.24. The molecule has 28 heavy (non-hydrogen) atoms. The monoisotopic (exact) mass is 381 g/mol. The van der Waals surface area contributed by atoms with Crippen LogP contribution in [0, 0.1) is 0 Å². The van der Waals surface area contributed by atoms with E-state index in [1.807, 2.05) is 48.5 Å². The van der Waals surface area contributed by atoms with Gasteiger partial charge in [0.25, 0.3) is 0 Å². The van der Waals surface area contributed by atoms with E-state index in [1.54, 1.807) is 18.0 Å². The zero-order valence-corrected chi connectivity index (χ0v) is 16.2. The Morgan fingerprint density at radius 3 is 2.43 bits per heavy atom. The summed E-state index contributed by atoms with van der Waals surface area (Å²) in [6.45, 7) is 4.91. The number of amides is 3. The van der Waals surface area contributed by atoms with Crippen LogP contribution >= 0.6 is 0 Å². The largest absolute Gasteiger partial charge is 0.354 e. The summed E-state index contributed by atoms with van der Waals surface area (Å²) < 4.78 is 0. The van der Waals surface area contributed by atoms with Gasteiger partial charge in [-0.1, -0.05) is 36.4 Å². The average molecular weight is 381 g/mol. The van der Waals surface area contributed by atoms with E-state index in [2.05, 4.69) is 20.5 Å². The molecule has 2 heterocycles. The molecule has 0 spiro atoms. The van der Waals surface area contributed by atoms with E-state index in [-0.39, 0.29) is 11.9 Å². The molecule has 0 unspecified atom stereocenters. The van der Waals surface area contributed by atoms with Crippen LogP contribution in [0.4, 0.5) is 10.6 Å². The molecule has 0 radical (unpaired) electrons. The second-order valence-corrected chi connectivity index (χ2v) is 6.86. The molecule has 0 aliphatic carbocycles. The molecule has 2 aromatic rings. The average Bonchev–Trinajstić information content (AvgIpc) is 2.75. The van der Waals surface area contributed by atoms with Crippen LogP contribution in [0.25, 0.3) is 0 Å². The Morgan fingerprint density at radius 1 is 1.04 bits per heavy atom. The first-order valence-corrected chi connectivity index (χ1v) is 9.66. The second-order valence-electron chi connectivity index (χ2n) is 6.86. The quantitative estimate of drug-likeness (QED) is 0.798. The summed E-state index contributed by atoms with van der Waals surface area (Å²) in [5.74, 6) is 0.755. The number of hydrogen-bond acceptors (Lipinski definition) is 4. The summed E-state index contributed by atoms with van der Waals surface area (Å²) in [4.78, 5) is 32.9. The number of hydrogen-bond donors (Lipinski definition) is 2. The minimum absolute atomic E-state index is 0.170. The molecule has 1 fully saturated rings. The van der Waals surface area contributed by atoms with E-state index in [1.165, 1.54) is 5.56 Å². The third-order valence-corrected chi connectivity index (χ3v) is 4.83. The van der Waals surface area contributed by atoms with Crippen molar-refractivity contribution in [3.8, 4) is 0 Å². The number of aromatic nitrogens is 1. The van der Waals surface area contributed by atoms with Crippen molar-refractivity contribution in [3.05, 3.63) is 60.3 Å². The highest BCUT2D eigenvalue weighted by Crippen LogP contribution is 2.12. The third kappa shape index (κ3) is 5.45. The van der Waals surface area contributed by atoms with E-state index in [0.717, 1.165) is 25.3 Å². The van der Waals surface area contributed by atoms with Crippen LogP contribution in [-0.4, -0.2) is 60.6 Å². The topological polar surface area (TPSA) is 77.6 Å². The van der Waals surface area contributed by atoms with Crippen LogP contribution in [0.3, 0.4) is 0 Å². The van der Waals surface area contributed by atoms with Crippen molar-refractivity contribution in [3.63, 3.8) is 0 Å². The maximum absolute atomic E-state index is 12.5. The number of carbonyl (C=O) groups excluding carboxylic acids is 2. The number of benzene rings is 1. The number of pyridine rings is 1. The normalized spacial score (nSPS) is 15.0. The Kier molecular flexibility index (Phi) is 6.84. The summed E-state index contributed by atoms with van der Waals surface area (Å²) in [5.41, 5.74) is 1.17. The van der Waals surface area contributed by atoms with Gasteiger partial charge in [0.05, 0.1) is 0 Å². The number of carbonyl (C=O) groups is 2. The maximum Gasteiger partial charge on any atom is 0.318 e. The Labute approximate surface area is 165 Å². The molecule has 148 valence electrons. The molecular formula is C21H27N5O2. The third-order valence-electron chi connectivity index (χ3n) is 4.83. The van der Waals surface area contributed by atoms with Crippen molar-refractivity contribution < 1.29 is 9.59 Å². The van der Waals surface area contributed by atoms with Gasteiger partial charge in [0.15, 0.2) is 0 Å². The van der Waals surface area contributed by atoms with E-state index < -0.39 is 6.04 Å². The minimum Gasteiger partial charge on any atom is -0.354 e. The lowest BCUT2D eigenvalue weighted by molar-refractivity contribution is -0.122. The smallest absolute Gasteiger partial charge is 0.318 e. The van der Waals surface area contributed by atoms with Crippen LogP contribution in [-0.2, 0) is 11.2 Å². The molecule has 1 aliphatic heterocycles. The molecule has 1 atom stereocenters. The molecule has 7 heteroatoms. The van der Waals surface area contributed by atoms with Crippen LogP contribution in [0.5, 0.6) is 0 Å². The fourth-order valence-electron chi connectivity index (χ4n) is 3.15. The molecular weight excluding hydrogens is 354 g/mol. The minimum atomic E-state index is -0.572. The summed E-state index contributed by atoms with van der Waals surface area (Å²) >= 11 is 0. The van der Waals surface area contributed by atoms with Crippen molar-refractivity contribution in [1.29, 1.82) is 0 Å². The van der Waals surface area contributed by atoms with E-state index in [0.29, 0.717) is 19.6 Å². The zero-order valence-electron chi connectivity index (χ0n) is 16.2. The van der Waals surface area contributed by atoms with Gasteiger partial charge in [0.1, 0.15) is 11.9 Å². The standard InChI is InChI=1S/C21H27N5O2/c1-17(20(27)23-12-10-18-7-3-2-4-8-18)24-21(28)26-15-13-25(14-16-26)19-9-5-6-11-22-19/h2-9,11,17H,10,12-16H2,1H3,(H,23,27)(H,24,28)/t17-/m1/s1. The first-order valence-electron chi connectivity index (χ1n) is 9.66. The van der Waals surface area contributed by atoms with Gasteiger partial charge in [-0.05, 0) is 31.0 Å². The fourth-order valence-corrected chi connectivity index (χ4v) is 3.15. The molecule has 2 N–H and O–H groups in total. The van der Waals surface area contributed by atoms with Gasteiger partial charge >= 0.3 is 6.03 Å². The molecule has 7 nitrogen and oxygen atoms in total. The Balaban J connectivity index is 1.38. The molecule has 1 aromatic carbocycles. The molecule has 1 aromatic heterocycles. The van der Waals surface area contributed by atoms with Crippen LogP contribution in [0.15, 0.2) is 54.7 Å². The Hall–Kier alpha value is -3.09. The zero-order chi connectivity index (χ0) is 19.8. The second kappa shape index (κ2) is 9.73. The lowest BCUT2D eigenvalue weighted by atomic mass is 10.1. The maximum atomic E-state index is 12.5. The van der Waals surface area contributed by atoms with Gasteiger partial charge in [-0.25, -0.2) is 9.78 Å². The first kappa shape index (κ1) is 19.7. The number of anilines is 1. The van der Waals surface area contributed by atoms with E-state index >= 15 is 0 Å². The SMILES string of the molecule is C[C@@H](NC(=O)N1CCN(c2ccccn2)CC1)C(=O)NCCc1ccccc1. The van der Waals surface area contributed by atoms with Crippen molar-refractivity contribution in [2.75, 3.05) is 37.6 Å². The van der Waals surface area contributed by atoms with Crippen molar-refractivity contribution >= 4 is 17.8 Å². The fraction of sp³-hybridized carbons (Fsp3) is 0.381. The number of piperazine rings is 1. The Bertz CT molecular complexity index is 761. The predicted molar refractivity (Wildman–Crippen MR) is 109 cm³/mol. The van der Waals surface area contributed by atoms with Gasteiger partial charge in [-0.3, -0.25) is 4.79 Å². The molecule has 1 saturated heterocycles. The summed E-state index contributed by atoms with van der Waals surface area (Å²) in [5, 5.41) is 5.67. The molecule has 3 amide bonds. The van der Waals surface area contributed by atoms with Crippen molar-refractivity contribution in [2.24, 2.45) is 0 Å². The van der Waals surface area contributed by atoms with Crippen molar-refractivity contribution in [2.45, 2.75) is 19.4 Å². The van der Waals surface area contributed by atoms with Gasteiger partial charge in [0, 0.05) is 38.9 Å². The predicted octanol–water partition coefficient (Wildman–Crippen LogP) is 1.66. The highest BCUT2D eigenvalue weighted by molar-refractivity contribution is 5.86. The van der Waals surface area contributed by atoms with Gasteiger partial charge < -0.3 is 20.4 Å². The van der Waals surface area contributed by atoms with Crippen LogP contribution in [0.1, 0.15) is 12.5 Å². The highest BCUT2D eigenvalue weighted by atomic mass is 16.2. The summed E-state index contributed by atoms with van der Waals surface area (Å²) in [7, 11) is 0. The molecule has 0 saturated carbocycles. The number of nitrogens with one attached hydrogen (secondary N) is 2. The summed E-state index contributed by atoms with van der Waals surface area (Å²) in [6, 6.07) is 15.0. The Morgan fingerprint density at radius 2 is 1.75 bits per heavy atom. The summed E-state index contributed by atoms with van der Waals surface area (Å²) in [6.07, 6.45) is 2.54. The molecule has 1 aliphatic rings. The van der Waals surface area contributed by atoms with E-state index in [4.69, 9.17) is 0 Å². The van der Waals surface area contributed by atoms with Crippen LogP contribution in [0.2, 0.25) is 0 Å². The first-order chi connectivity index (χ1) is 13.6. The number of nitrogens with zero attached hydrogens (tertiary/aromatic N) is 3.